The van der Waals surface area contributed by atoms with Crippen LogP contribution in [0.2, 0.25) is 5.02 Å². The summed E-state index contributed by atoms with van der Waals surface area (Å²) in [5, 5.41) is 6.51. The molecule has 1 amide bonds. The van der Waals surface area contributed by atoms with E-state index in [0.29, 0.717) is 28.8 Å². The molecule has 5 rings (SSSR count). The quantitative estimate of drug-likeness (QED) is 0.309. The molecular formula is C35H37ClF2N3O3+. The molecule has 0 saturated carbocycles. The molecule has 6 nitrogen and oxygen atoms in total. The molecule has 2 aromatic carbocycles. The van der Waals surface area contributed by atoms with Crippen molar-refractivity contribution >= 4 is 29.2 Å². The van der Waals surface area contributed by atoms with Crippen LogP contribution in [0.5, 0.6) is 0 Å². The van der Waals surface area contributed by atoms with Crippen LogP contribution >= 0.6 is 11.6 Å². The third kappa shape index (κ3) is 5.96. The van der Waals surface area contributed by atoms with Crippen molar-refractivity contribution in [3.8, 4) is 6.07 Å². The van der Waals surface area contributed by atoms with E-state index in [1.807, 2.05) is 19.1 Å². The number of methoxy groups -OCH3 is 1. The summed E-state index contributed by atoms with van der Waals surface area (Å²) < 4.78 is 36.3. The molecule has 2 aromatic rings. The number of aryl methyl sites for hydroxylation is 1. The number of carbonyl (C=O) groups excluding carboxylic acids is 2. The highest BCUT2D eigenvalue weighted by atomic mass is 35.5. The Morgan fingerprint density at radius 3 is 2.55 bits per heavy atom. The molecule has 2 aliphatic heterocycles. The number of anilines is 1. The van der Waals surface area contributed by atoms with Crippen molar-refractivity contribution in [1.82, 2.24) is 5.32 Å². The second-order valence-electron chi connectivity index (χ2n) is 13.1. The second-order valence-corrected chi connectivity index (χ2v) is 13.5. The van der Waals surface area contributed by atoms with Gasteiger partial charge in [-0.25, -0.2) is 13.6 Å². The Bertz CT molecular complexity index is 1670. The van der Waals surface area contributed by atoms with Crippen LogP contribution in [0.3, 0.4) is 0 Å². The van der Waals surface area contributed by atoms with Crippen LogP contribution in [0, 0.1) is 29.6 Å². The summed E-state index contributed by atoms with van der Waals surface area (Å²) in [4.78, 5) is 30.9. The molecule has 5 unspecified atom stereocenters. The average Bonchev–Trinajstić information content (AvgIpc) is 3.77. The van der Waals surface area contributed by atoms with Gasteiger partial charge in [0.25, 0.3) is 0 Å². The number of hydrogen-bond donors (Lipinski definition) is 2. The predicted octanol–water partition coefficient (Wildman–Crippen LogP) is 7.90. The first-order valence-corrected chi connectivity index (χ1v) is 15.0. The molecule has 2 N–H and O–H groups in total. The number of benzene rings is 2. The van der Waals surface area contributed by atoms with E-state index in [1.165, 1.54) is 19.3 Å². The van der Waals surface area contributed by atoms with E-state index in [2.05, 4.69) is 42.3 Å². The Kier molecular flexibility index (Phi) is 8.58. The molecule has 0 aromatic heterocycles. The number of nitrogens with zero attached hydrogens (tertiary/aromatic N) is 1. The SMILES string of the molecule is COC(=O)c1ccc(NC(=O)C2NC(CC(C)(C)C)C(C3=CC=C(C)C=C(F)C3)(C3C#[N+]3)C2c2cccc(Cl)c2F)c(C)c1. The van der Waals surface area contributed by atoms with Gasteiger partial charge in [-0.2, -0.15) is 0 Å². The zero-order valence-electron chi connectivity index (χ0n) is 25.7. The van der Waals surface area contributed by atoms with Gasteiger partial charge in [-0.3, -0.25) is 4.79 Å². The van der Waals surface area contributed by atoms with Gasteiger partial charge in [0.15, 0.2) is 0 Å². The normalized spacial score (nSPS) is 26.0. The highest BCUT2D eigenvalue weighted by Crippen LogP contribution is 2.60. The Labute approximate surface area is 262 Å². The van der Waals surface area contributed by atoms with E-state index in [4.69, 9.17) is 16.3 Å². The van der Waals surface area contributed by atoms with Gasteiger partial charge in [0.05, 0.1) is 23.7 Å². The van der Waals surface area contributed by atoms with Gasteiger partial charge >= 0.3 is 18.1 Å². The molecule has 9 heteroatoms. The van der Waals surface area contributed by atoms with E-state index in [9.17, 15) is 9.59 Å². The fourth-order valence-corrected chi connectivity index (χ4v) is 6.98. The van der Waals surface area contributed by atoms with Crippen LogP contribution in [-0.2, 0) is 9.53 Å². The minimum atomic E-state index is -1.03. The highest BCUT2D eigenvalue weighted by molar-refractivity contribution is 6.30. The van der Waals surface area contributed by atoms with Crippen molar-refractivity contribution in [2.75, 3.05) is 12.4 Å². The molecule has 230 valence electrons. The Morgan fingerprint density at radius 1 is 1.18 bits per heavy atom. The topological polar surface area (TPSA) is 71.8 Å². The van der Waals surface area contributed by atoms with Gasteiger partial charge in [-0.1, -0.05) is 56.7 Å². The first-order valence-electron chi connectivity index (χ1n) is 14.7. The molecule has 1 saturated heterocycles. The molecule has 5 atom stereocenters. The maximum Gasteiger partial charge on any atom is 0.410 e. The minimum Gasteiger partial charge on any atom is -0.465 e. The molecule has 1 fully saturated rings. The van der Waals surface area contributed by atoms with Crippen molar-refractivity contribution in [3.05, 3.63) is 104 Å². The first kappa shape index (κ1) is 31.6. The summed E-state index contributed by atoms with van der Waals surface area (Å²) in [6, 6.07) is 10.9. The van der Waals surface area contributed by atoms with Crippen LogP contribution in [0.4, 0.5) is 14.5 Å². The smallest absolute Gasteiger partial charge is 0.410 e. The predicted molar refractivity (Wildman–Crippen MR) is 169 cm³/mol. The molecular weight excluding hydrogens is 584 g/mol. The van der Waals surface area contributed by atoms with E-state index < -0.39 is 47.2 Å². The van der Waals surface area contributed by atoms with E-state index in [1.54, 1.807) is 37.3 Å². The molecule has 44 heavy (non-hydrogen) atoms. The lowest BCUT2D eigenvalue weighted by Crippen LogP contribution is -2.47. The largest absolute Gasteiger partial charge is 0.465 e. The third-order valence-corrected chi connectivity index (χ3v) is 8.98. The number of allylic oxidation sites excluding steroid dienone is 5. The van der Waals surface area contributed by atoms with Crippen molar-refractivity contribution in [1.29, 1.82) is 0 Å². The lowest BCUT2D eigenvalue weighted by Gasteiger charge is -2.39. The van der Waals surface area contributed by atoms with Gasteiger partial charge in [0.2, 0.25) is 5.91 Å². The highest BCUT2D eigenvalue weighted by Gasteiger charge is 2.72. The van der Waals surface area contributed by atoms with E-state index >= 15 is 8.78 Å². The van der Waals surface area contributed by atoms with Crippen LogP contribution in [0.1, 0.15) is 67.9 Å². The fraction of sp³-hybridized carbons (Fsp3) is 0.400. The summed E-state index contributed by atoms with van der Waals surface area (Å²) in [5.41, 5.74) is 1.96. The summed E-state index contributed by atoms with van der Waals surface area (Å²) >= 11 is 6.34. The fourth-order valence-electron chi connectivity index (χ4n) is 6.79. The van der Waals surface area contributed by atoms with Crippen LogP contribution in [0.15, 0.2) is 71.6 Å². The van der Waals surface area contributed by atoms with E-state index in [-0.39, 0.29) is 28.2 Å². The molecule has 0 radical (unpaired) electrons. The van der Waals surface area contributed by atoms with Gasteiger partial charge in [-0.05, 0) is 83.1 Å². The van der Waals surface area contributed by atoms with E-state index in [0.717, 1.165) is 5.57 Å². The van der Waals surface area contributed by atoms with Gasteiger partial charge in [0, 0.05) is 24.1 Å². The van der Waals surface area contributed by atoms with Crippen molar-refractivity contribution in [2.45, 2.75) is 71.5 Å². The molecule has 1 aliphatic carbocycles. The number of amides is 1. The molecule has 3 aliphatic rings. The minimum absolute atomic E-state index is 0.00894. The van der Waals surface area contributed by atoms with Crippen molar-refractivity contribution in [2.24, 2.45) is 10.8 Å². The second kappa shape index (κ2) is 11.9. The zero-order valence-corrected chi connectivity index (χ0v) is 26.5. The van der Waals surface area contributed by atoms with Gasteiger partial charge < -0.3 is 15.4 Å². The lowest BCUT2D eigenvalue weighted by atomic mass is 9.58. The summed E-state index contributed by atoms with van der Waals surface area (Å²) in [6.07, 6.45) is 5.82. The number of rotatable bonds is 7. The average molecular weight is 621 g/mol. The van der Waals surface area contributed by atoms with Crippen molar-refractivity contribution in [3.63, 3.8) is 0 Å². The monoisotopic (exact) mass is 620 g/mol. The molecule has 0 bridgehead atoms. The van der Waals surface area contributed by atoms with Crippen LogP contribution in [-0.4, -0.2) is 37.1 Å². The van der Waals surface area contributed by atoms with Gasteiger partial charge in [-0.15, -0.1) is 0 Å². The zero-order chi connectivity index (χ0) is 32.0. The number of halogens is 3. The third-order valence-electron chi connectivity index (χ3n) is 8.68. The Morgan fingerprint density at radius 2 is 1.91 bits per heavy atom. The number of nitrogens with one attached hydrogen (secondary N) is 2. The maximum absolute atomic E-state index is 16.1. The summed E-state index contributed by atoms with van der Waals surface area (Å²) in [6.45, 7) is 9.88. The van der Waals surface area contributed by atoms with Gasteiger partial charge in [0.1, 0.15) is 17.1 Å². The molecule has 0 spiro atoms. The summed E-state index contributed by atoms with van der Waals surface area (Å²) in [5.74, 6) is -2.66. The first-order chi connectivity index (χ1) is 20.8. The number of carbonyl (C=O) groups is 2. The summed E-state index contributed by atoms with van der Waals surface area (Å²) in [7, 11) is 1.30. The lowest BCUT2D eigenvalue weighted by molar-refractivity contribution is -0.118. The Balaban J connectivity index is 1.68. The van der Waals surface area contributed by atoms with Crippen molar-refractivity contribution < 1.29 is 23.1 Å². The number of ether oxygens (including phenoxy) is 1. The molecule has 2 heterocycles. The number of esters is 1. The standard InChI is InChI=1S/C35H36ClF2N3O3/c1-19-10-12-22(16-23(37)14-19)35(28-18-39-28)27(17-34(3,4)5)41-31(29(35)24-8-7-9-25(36)30(24)38)32(42)40-26-13-11-21(15-20(26)2)33(43)44-6/h7-15,27-29,31,41H,16-17H2,1-6H3/p+1. The maximum atomic E-state index is 16.1. The number of hydrogen-bond acceptors (Lipinski definition) is 4. The van der Waals surface area contributed by atoms with Crippen LogP contribution < -0.4 is 10.6 Å². The van der Waals surface area contributed by atoms with Crippen LogP contribution in [0.25, 0.3) is 4.85 Å². The Hall–Kier alpha value is -3.80.